The lowest BCUT2D eigenvalue weighted by atomic mass is 10.1. The number of nitrogens with zero attached hydrogens (tertiary/aromatic N) is 2. The van der Waals surface area contributed by atoms with Crippen LogP contribution >= 0.6 is 15.9 Å². The third-order valence-corrected chi connectivity index (χ3v) is 7.29. The molecule has 33 heavy (non-hydrogen) atoms. The van der Waals surface area contributed by atoms with E-state index in [1.807, 2.05) is 31.2 Å². The molecule has 0 aliphatic heterocycles. The van der Waals surface area contributed by atoms with E-state index in [1.54, 1.807) is 19.1 Å². The second-order valence-electron chi connectivity index (χ2n) is 7.52. The summed E-state index contributed by atoms with van der Waals surface area (Å²) in [5.74, 6) is -0.605. The molecule has 0 spiro atoms. The molecule has 0 radical (unpaired) electrons. The van der Waals surface area contributed by atoms with Gasteiger partial charge >= 0.3 is 0 Å². The number of hydrogen-bond donors (Lipinski definition) is 1. The maximum absolute atomic E-state index is 13.4. The summed E-state index contributed by atoms with van der Waals surface area (Å²) in [6.07, 6.45) is 0. The molecule has 10 heteroatoms. The number of nitro groups is 1. The van der Waals surface area contributed by atoms with Gasteiger partial charge in [0.05, 0.1) is 22.1 Å². The van der Waals surface area contributed by atoms with Crippen LogP contribution in [0, 0.1) is 24.0 Å². The molecule has 172 valence electrons. The van der Waals surface area contributed by atoms with E-state index in [2.05, 4.69) is 21.2 Å². The second-order valence-corrected chi connectivity index (χ2v) is 10.4. The third-order valence-electron chi connectivity index (χ3n) is 4.96. The topological polar surface area (TPSA) is 110 Å². The first-order valence-electron chi connectivity index (χ1n) is 9.92. The molecule has 0 saturated carbocycles. The monoisotopic (exact) mass is 531 g/mol. The minimum atomic E-state index is -4.00. The molecule has 0 aliphatic carbocycles. The Bertz CT molecular complexity index is 1280. The highest BCUT2D eigenvalue weighted by Crippen LogP contribution is 2.24. The highest BCUT2D eigenvalue weighted by Gasteiger charge is 2.27. The molecule has 3 aromatic rings. The van der Waals surface area contributed by atoms with E-state index in [1.165, 1.54) is 30.3 Å². The van der Waals surface area contributed by atoms with Gasteiger partial charge in [-0.25, -0.2) is 8.42 Å². The van der Waals surface area contributed by atoms with Crippen molar-refractivity contribution < 1.29 is 18.1 Å². The average molecular weight is 532 g/mol. The number of non-ortho nitro benzene ring substituents is 1. The lowest BCUT2D eigenvalue weighted by molar-refractivity contribution is -0.384. The molecule has 0 heterocycles. The van der Waals surface area contributed by atoms with Crippen LogP contribution in [-0.2, 0) is 21.4 Å². The number of carbonyl (C=O) groups excluding carboxylic acids is 1. The van der Waals surface area contributed by atoms with Crippen LogP contribution in [0.3, 0.4) is 0 Å². The zero-order valence-corrected chi connectivity index (χ0v) is 20.4. The lowest BCUT2D eigenvalue weighted by Gasteiger charge is -2.22. The summed E-state index contributed by atoms with van der Waals surface area (Å²) >= 11 is 3.29. The van der Waals surface area contributed by atoms with Gasteiger partial charge < -0.3 is 5.32 Å². The number of amides is 1. The fraction of sp³-hybridized carbons (Fsp3) is 0.174. The van der Waals surface area contributed by atoms with Crippen molar-refractivity contribution in [3.63, 3.8) is 0 Å². The van der Waals surface area contributed by atoms with Gasteiger partial charge in [0.25, 0.3) is 5.69 Å². The number of nitro benzene ring substituents is 1. The Morgan fingerprint density at radius 3 is 2.27 bits per heavy atom. The Labute approximate surface area is 200 Å². The van der Waals surface area contributed by atoms with Crippen molar-refractivity contribution >= 4 is 43.2 Å². The highest BCUT2D eigenvalue weighted by molar-refractivity contribution is 9.10. The second kappa shape index (κ2) is 10.2. The van der Waals surface area contributed by atoms with Crippen molar-refractivity contribution in [1.82, 2.24) is 4.31 Å². The molecule has 0 bridgehead atoms. The number of halogens is 1. The van der Waals surface area contributed by atoms with Gasteiger partial charge in [-0.3, -0.25) is 14.9 Å². The first kappa shape index (κ1) is 24.6. The van der Waals surface area contributed by atoms with E-state index in [0.717, 1.165) is 19.9 Å². The van der Waals surface area contributed by atoms with E-state index in [9.17, 15) is 23.3 Å². The summed E-state index contributed by atoms with van der Waals surface area (Å²) in [6, 6.07) is 17.6. The average Bonchev–Trinajstić information content (AvgIpc) is 2.76. The number of aryl methyl sites for hydroxylation is 2. The molecule has 0 aromatic heterocycles. The standard InChI is InChI=1S/C23H22BrN3O5S/c1-16-3-6-18(7-4-16)14-26(33(31,32)21-11-8-19(24)9-12-21)15-23(28)25-22-13-20(27(29)30)10-5-17(22)2/h3-13H,14-15H2,1-2H3,(H,25,28). The van der Waals surface area contributed by atoms with Crippen LogP contribution < -0.4 is 5.32 Å². The lowest BCUT2D eigenvalue weighted by Crippen LogP contribution is -2.37. The molecule has 8 nitrogen and oxygen atoms in total. The fourth-order valence-electron chi connectivity index (χ4n) is 3.09. The number of sulfonamides is 1. The van der Waals surface area contributed by atoms with Gasteiger partial charge in [0.1, 0.15) is 0 Å². The number of benzene rings is 3. The van der Waals surface area contributed by atoms with Gasteiger partial charge in [0.2, 0.25) is 15.9 Å². The van der Waals surface area contributed by atoms with Crippen LogP contribution in [0.1, 0.15) is 16.7 Å². The number of rotatable bonds is 8. The van der Waals surface area contributed by atoms with E-state index in [-0.39, 0.29) is 22.8 Å². The van der Waals surface area contributed by atoms with E-state index in [4.69, 9.17) is 0 Å². The molecule has 0 atom stereocenters. The van der Waals surface area contributed by atoms with Gasteiger partial charge in [0, 0.05) is 23.2 Å². The summed E-state index contributed by atoms with van der Waals surface area (Å²) < 4.78 is 28.5. The van der Waals surface area contributed by atoms with Gasteiger partial charge in [-0.1, -0.05) is 51.8 Å². The van der Waals surface area contributed by atoms with Crippen LogP contribution in [0.15, 0.2) is 76.1 Å². The molecule has 0 aliphatic rings. The predicted octanol–water partition coefficient (Wildman–Crippen LogP) is 4.80. The van der Waals surface area contributed by atoms with Crippen molar-refractivity contribution in [2.45, 2.75) is 25.3 Å². The highest BCUT2D eigenvalue weighted by atomic mass is 79.9. The van der Waals surface area contributed by atoms with E-state index < -0.39 is 27.4 Å². The summed E-state index contributed by atoms with van der Waals surface area (Å²) in [7, 11) is -4.00. The summed E-state index contributed by atoms with van der Waals surface area (Å²) in [5, 5.41) is 13.7. The summed E-state index contributed by atoms with van der Waals surface area (Å²) in [5.41, 5.74) is 2.45. The number of carbonyl (C=O) groups is 1. The van der Waals surface area contributed by atoms with E-state index >= 15 is 0 Å². The van der Waals surface area contributed by atoms with Crippen molar-refractivity contribution in [3.05, 3.63) is 98.0 Å². The normalized spacial score (nSPS) is 11.4. The molecule has 0 unspecified atom stereocenters. The Kier molecular flexibility index (Phi) is 7.62. The molecule has 1 N–H and O–H groups in total. The molecule has 3 aromatic carbocycles. The summed E-state index contributed by atoms with van der Waals surface area (Å²) in [6.45, 7) is 3.14. The van der Waals surface area contributed by atoms with Gasteiger partial charge in [-0.15, -0.1) is 0 Å². The maximum atomic E-state index is 13.4. The Morgan fingerprint density at radius 1 is 1.03 bits per heavy atom. The Morgan fingerprint density at radius 2 is 1.67 bits per heavy atom. The molecular formula is C23H22BrN3O5S. The quantitative estimate of drug-likeness (QED) is 0.331. The predicted molar refractivity (Wildman–Crippen MR) is 129 cm³/mol. The molecule has 1 amide bonds. The van der Waals surface area contributed by atoms with Crippen LogP contribution in [0.5, 0.6) is 0 Å². The Balaban J connectivity index is 1.90. The van der Waals surface area contributed by atoms with Crippen molar-refractivity contribution in [1.29, 1.82) is 0 Å². The maximum Gasteiger partial charge on any atom is 0.271 e. The van der Waals surface area contributed by atoms with Gasteiger partial charge in [-0.2, -0.15) is 4.31 Å². The Hall–Kier alpha value is -3.08. The smallest absolute Gasteiger partial charge is 0.271 e. The fourth-order valence-corrected chi connectivity index (χ4v) is 4.74. The first-order valence-corrected chi connectivity index (χ1v) is 12.2. The van der Waals surface area contributed by atoms with Gasteiger partial charge in [-0.05, 0) is 49.2 Å². The van der Waals surface area contributed by atoms with Crippen LogP contribution in [0.25, 0.3) is 0 Å². The van der Waals surface area contributed by atoms with Gasteiger partial charge in [0.15, 0.2) is 0 Å². The number of anilines is 1. The SMILES string of the molecule is Cc1ccc(CN(CC(=O)Nc2cc([N+](=O)[O-])ccc2C)S(=O)(=O)c2ccc(Br)cc2)cc1. The molecule has 0 fully saturated rings. The molecule has 3 rings (SSSR count). The van der Waals surface area contributed by atoms with E-state index in [0.29, 0.717) is 5.56 Å². The van der Waals surface area contributed by atoms with Crippen LogP contribution in [0.2, 0.25) is 0 Å². The molecule has 0 saturated heterocycles. The molecular weight excluding hydrogens is 510 g/mol. The number of hydrogen-bond acceptors (Lipinski definition) is 5. The number of nitrogens with one attached hydrogen (secondary N) is 1. The largest absolute Gasteiger partial charge is 0.324 e. The minimum Gasteiger partial charge on any atom is -0.324 e. The zero-order chi connectivity index (χ0) is 24.2. The van der Waals surface area contributed by atoms with Crippen LogP contribution in [0.4, 0.5) is 11.4 Å². The third kappa shape index (κ3) is 6.25. The zero-order valence-electron chi connectivity index (χ0n) is 18.0. The minimum absolute atomic E-state index is 0.0139. The summed E-state index contributed by atoms with van der Waals surface area (Å²) in [4.78, 5) is 23.4. The van der Waals surface area contributed by atoms with Crippen LogP contribution in [-0.4, -0.2) is 30.1 Å². The van der Waals surface area contributed by atoms with Crippen molar-refractivity contribution in [2.75, 3.05) is 11.9 Å². The van der Waals surface area contributed by atoms with Crippen molar-refractivity contribution in [3.8, 4) is 0 Å². The van der Waals surface area contributed by atoms with Crippen molar-refractivity contribution in [2.24, 2.45) is 0 Å². The first-order chi connectivity index (χ1) is 15.6.